The number of nitrogens with zero attached hydrogens (tertiary/aromatic N) is 4. The van der Waals surface area contributed by atoms with Gasteiger partial charge in [-0.15, -0.1) is 0 Å². The molecule has 0 radical (unpaired) electrons. The van der Waals surface area contributed by atoms with Gasteiger partial charge in [0, 0.05) is 33.2 Å². The van der Waals surface area contributed by atoms with E-state index in [4.69, 9.17) is 15.0 Å². The highest BCUT2D eigenvalue weighted by Crippen LogP contribution is 2.37. The molecule has 0 amide bonds. The van der Waals surface area contributed by atoms with Crippen molar-refractivity contribution in [3.8, 4) is 95.5 Å². The van der Waals surface area contributed by atoms with Crippen molar-refractivity contribution in [1.29, 1.82) is 0 Å². The largest absolute Gasteiger partial charge is 0.309 e. The monoisotopic (exact) mass is 854 g/mol. The summed E-state index contributed by atoms with van der Waals surface area (Å²) in [6, 6.07) is 90.1. The molecule has 0 N–H and O–H groups in total. The second kappa shape index (κ2) is 17.2. The molecule has 314 valence electrons. The second-order valence-electron chi connectivity index (χ2n) is 16.9. The molecule has 4 heteroatoms. The topological polar surface area (TPSA) is 43.6 Å². The van der Waals surface area contributed by atoms with E-state index >= 15 is 0 Å². The van der Waals surface area contributed by atoms with E-state index in [1.165, 1.54) is 33.2 Å². The highest BCUT2D eigenvalue weighted by molar-refractivity contribution is 6.10. The first-order valence-electron chi connectivity index (χ1n) is 22.7. The maximum absolute atomic E-state index is 5.23. The fraction of sp³-hybridized carbons (Fsp3) is 0. The predicted octanol–water partition coefficient (Wildman–Crippen LogP) is 16.3. The maximum atomic E-state index is 5.23. The molecule has 2 aromatic heterocycles. The molecule has 4 nitrogen and oxygen atoms in total. The number of fused-ring (bicyclic) bond motifs is 3. The van der Waals surface area contributed by atoms with Gasteiger partial charge in [-0.2, -0.15) is 0 Å². The van der Waals surface area contributed by atoms with Gasteiger partial charge in [-0.1, -0.05) is 224 Å². The van der Waals surface area contributed by atoms with Crippen LogP contribution < -0.4 is 0 Å². The summed E-state index contributed by atoms with van der Waals surface area (Å²) < 4.78 is 2.37. The molecule has 12 rings (SSSR count). The van der Waals surface area contributed by atoms with Gasteiger partial charge in [0.2, 0.25) is 0 Å². The van der Waals surface area contributed by atoms with Gasteiger partial charge in [0.05, 0.1) is 11.0 Å². The van der Waals surface area contributed by atoms with E-state index in [9.17, 15) is 0 Å². The fourth-order valence-corrected chi connectivity index (χ4v) is 9.22. The lowest BCUT2D eigenvalue weighted by Crippen LogP contribution is -2.00. The van der Waals surface area contributed by atoms with Crippen molar-refractivity contribution in [2.45, 2.75) is 0 Å². The first-order valence-corrected chi connectivity index (χ1v) is 22.7. The zero-order valence-electron chi connectivity index (χ0n) is 36.5. The van der Waals surface area contributed by atoms with Gasteiger partial charge in [-0.05, 0) is 86.0 Å². The molecule has 0 fully saturated rings. The van der Waals surface area contributed by atoms with E-state index < -0.39 is 0 Å². The summed E-state index contributed by atoms with van der Waals surface area (Å²) in [4.78, 5) is 15.6. The van der Waals surface area contributed by atoms with Crippen molar-refractivity contribution in [2.24, 2.45) is 0 Å². The van der Waals surface area contributed by atoms with Gasteiger partial charge < -0.3 is 4.57 Å². The molecule has 0 bridgehead atoms. The summed E-state index contributed by atoms with van der Waals surface area (Å²) >= 11 is 0. The molecule has 10 aromatic carbocycles. The van der Waals surface area contributed by atoms with E-state index in [-0.39, 0.29) is 0 Å². The Labute approximate surface area is 389 Å². The van der Waals surface area contributed by atoms with Crippen LogP contribution >= 0.6 is 0 Å². The molecule has 0 aliphatic rings. The minimum absolute atomic E-state index is 0.609. The predicted molar refractivity (Wildman–Crippen MR) is 278 cm³/mol. The van der Waals surface area contributed by atoms with Crippen LogP contribution in [-0.4, -0.2) is 19.5 Å². The van der Waals surface area contributed by atoms with Crippen molar-refractivity contribution >= 4 is 21.8 Å². The molecule has 12 aromatic rings. The lowest BCUT2D eigenvalue weighted by Gasteiger charge is -2.12. The minimum atomic E-state index is 0.609. The molecular formula is C63H42N4. The van der Waals surface area contributed by atoms with E-state index in [2.05, 4.69) is 247 Å². The molecule has 0 aliphatic heterocycles. The van der Waals surface area contributed by atoms with Crippen LogP contribution in [0.5, 0.6) is 0 Å². The maximum Gasteiger partial charge on any atom is 0.164 e. The van der Waals surface area contributed by atoms with Crippen molar-refractivity contribution in [2.75, 3.05) is 0 Å². The molecule has 0 spiro atoms. The summed E-state index contributed by atoms with van der Waals surface area (Å²) in [5, 5.41) is 2.35. The minimum Gasteiger partial charge on any atom is -0.309 e. The summed E-state index contributed by atoms with van der Waals surface area (Å²) in [5.41, 5.74) is 17.7. The van der Waals surface area contributed by atoms with E-state index in [0.717, 1.165) is 66.6 Å². The van der Waals surface area contributed by atoms with Crippen LogP contribution in [0.3, 0.4) is 0 Å². The lowest BCUT2D eigenvalue weighted by atomic mass is 9.99. The SMILES string of the molecule is c1ccc(-c2ccc(-c3ccc(-c4nc(-c5ccc(-c6ccccc6)cc5)nc(-c5ccc6c7ccccc7n(-c7cccc(-c8cccc(-c9ccccc9)c8)c7)c6c5)n4)cc3)cc2)cc1. The Morgan fingerprint density at radius 2 is 0.552 bits per heavy atom. The van der Waals surface area contributed by atoms with Crippen LogP contribution in [0.1, 0.15) is 0 Å². The van der Waals surface area contributed by atoms with E-state index in [1.54, 1.807) is 0 Å². The molecule has 0 aliphatic carbocycles. The standard InChI is InChI=1S/C63H42N4/c1-4-14-43(15-5-1)46-26-28-48(29-27-46)49-32-36-51(37-33-49)62-64-61(50-34-30-47(31-35-50)44-16-6-2-7-17-44)65-63(66-62)55-38-39-58-57-24-10-11-25-59(57)67(60(58)42-55)56-23-13-22-54(41-56)53-21-12-20-52(40-53)45-18-8-3-9-19-45/h1-42H. The Bertz CT molecular complexity index is 3690. The number of benzene rings is 10. The van der Waals surface area contributed by atoms with Gasteiger partial charge >= 0.3 is 0 Å². The first-order chi connectivity index (χ1) is 33.2. The molecule has 0 saturated heterocycles. The third kappa shape index (κ3) is 7.77. The van der Waals surface area contributed by atoms with Crippen molar-refractivity contribution < 1.29 is 0 Å². The fourth-order valence-electron chi connectivity index (χ4n) is 9.22. The zero-order valence-corrected chi connectivity index (χ0v) is 36.5. The van der Waals surface area contributed by atoms with Crippen molar-refractivity contribution in [3.63, 3.8) is 0 Å². The van der Waals surface area contributed by atoms with Gasteiger partial charge in [0.25, 0.3) is 0 Å². The van der Waals surface area contributed by atoms with Crippen LogP contribution in [0.2, 0.25) is 0 Å². The van der Waals surface area contributed by atoms with Gasteiger partial charge in [-0.25, -0.2) is 15.0 Å². The van der Waals surface area contributed by atoms with Crippen LogP contribution in [0.25, 0.3) is 117 Å². The van der Waals surface area contributed by atoms with E-state index in [1.807, 2.05) is 12.1 Å². The Balaban J connectivity index is 0.958. The van der Waals surface area contributed by atoms with Crippen molar-refractivity contribution in [1.82, 2.24) is 19.5 Å². The lowest BCUT2D eigenvalue weighted by molar-refractivity contribution is 1.07. The number of hydrogen-bond acceptors (Lipinski definition) is 3. The summed E-state index contributed by atoms with van der Waals surface area (Å²) in [7, 11) is 0. The number of rotatable bonds is 9. The quantitative estimate of drug-likeness (QED) is 0.145. The molecule has 0 atom stereocenters. The van der Waals surface area contributed by atoms with Crippen LogP contribution in [-0.2, 0) is 0 Å². The third-order valence-electron chi connectivity index (χ3n) is 12.7. The first kappa shape index (κ1) is 39.6. The molecule has 0 saturated carbocycles. The molecule has 0 unspecified atom stereocenters. The number of aromatic nitrogens is 4. The van der Waals surface area contributed by atoms with Crippen LogP contribution in [0, 0.1) is 0 Å². The van der Waals surface area contributed by atoms with E-state index in [0.29, 0.717) is 17.5 Å². The smallest absolute Gasteiger partial charge is 0.164 e. The van der Waals surface area contributed by atoms with Crippen LogP contribution in [0.15, 0.2) is 255 Å². The summed E-state index contributed by atoms with van der Waals surface area (Å²) in [5.74, 6) is 1.84. The van der Waals surface area contributed by atoms with Crippen LogP contribution in [0.4, 0.5) is 0 Å². The van der Waals surface area contributed by atoms with Crippen molar-refractivity contribution in [3.05, 3.63) is 255 Å². The molecule has 2 heterocycles. The molecule has 67 heavy (non-hydrogen) atoms. The number of hydrogen-bond donors (Lipinski definition) is 0. The Hall–Kier alpha value is -8.99. The summed E-state index contributed by atoms with van der Waals surface area (Å²) in [6.45, 7) is 0. The van der Waals surface area contributed by atoms with Gasteiger partial charge in [0.1, 0.15) is 0 Å². The Kier molecular flexibility index (Phi) is 10.2. The van der Waals surface area contributed by atoms with Gasteiger partial charge in [-0.3, -0.25) is 0 Å². The highest BCUT2D eigenvalue weighted by atomic mass is 15.0. The highest BCUT2D eigenvalue weighted by Gasteiger charge is 2.18. The normalized spacial score (nSPS) is 11.3. The number of para-hydroxylation sites is 1. The average molecular weight is 855 g/mol. The average Bonchev–Trinajstić information content (AvgIpc) is 3.75. The van der Waals surface area contributed by atoms with Gasteiger partial charge in [0.15, 0.2) is 17.5 Å². The second-order valence-corrected chi connectivity index (χ2v) is 16.9. The Morgan fingerprint density at radius 1 is 0.209 bits per heavy atom. The Morgan fingerprint density at radius 3 is 1.07 bits per heavy atom. The summed E-state index contributed by atoms with van der Waals surface area (Å²) in [6.07, 6.45) is 0. The third-order valence-corrected chi connectivity index (χ3v) is 12.7. The zero-order chi connectivity index (χ0) is 44.5. The molecular weight excluding hydrogens is 813 g/mol.